The third-order valence-corrected chi connectivity index (χ3v) is 5.65. The summed E-state index contributed by atoms with van der Waals surface area (Å²) in [4.78, 5) is 39.5. The summed E-state index contributed by atoms with van der Waals surface area (Å²) in [6.45, 7) is 11.7. The van der Waals surface area contributed by atoms with Crippen LogP contribution in [0.15, 0.2) is 48.3 Å². The maximum absolute atomic E-state index is 13.3. The highest BCUT2D eigenvalue weighted by atomic mass is 16.5. The molecule has 0 aliphatic carbocycles. The van der Waals surface area contributed by atoms with Crippen LogP contribution in [0.3, 0.4) is 0 Å². The van der Waals surface area contributed by atoms with E-state index in [4.69, 9.17) is 4.74 Å². The van der Waals surface area contributed by atoms with Crippen molar-refractivity contribution in [2.75, 3.05) is 33.3 Å². The lowest BCUT2D eigenvalue weighted by molar-refractivity contribution is -0.145. The fraction of sp³-hybridized carbons (Fsp3) is 0.560. The Balaban J connectivity index is 3.27. The van der Waals surface area contributed by atoms with Gasteiger partial charge < -0.3 is 30.7 Å². The summed E-state index contributed by atoms with van der Waals surface area (Å²) < 4.78 is 5.94. The van der Waals surface area contributed by atoms with Crippen molar-refractivity contribution in [3.05, 3.63) is 48.3 Å². The van der Waals surface area contributed by atoms with E-state index in [9.17, 15) is 19.5 Å². The molecule has 0 radical (unpaired) electrons. The second-order valence-corrected chi connectivity index (χ2v) is 8.25. The van der Waals surface area contributed by atoms with Gasteiger partial charge >= 0.3 is 0 Å². The van der Waals surface area contributed by atoms with Gasteiger partial charge in [-0.15, -0.1) is 0 Å². The average Bonchev–Trinajstić information content (AvgIpc) is 2.80. The minimum Gasteiger partial charge on any atom is -0.492 e. The number of hydrogen-bond donors (Lipinski definition) is 4. The molecule has 0 aromatic rings. The Bertz CT molecular complexity index is 803. The van der Waals surface area contributed by atoms with Crippen LogP contribution in [0.25, 0.3) is 0 Å². The number of hydrogen-bond acceptors (Lipinski definition) is 6. The molecule has 0 spiro atoms. The predicted molar refractivity (Wildman–Crippen MR) is 133 cm³/mol. The first-order chi connectivity index (χ1) is 16.2. The lowest BCUT2D eigenvalue weighted by atomic mass is 9.96. The van der Waals surface area contributed by atoms with E-state index in [1.165, 1.54) is 18.9 Å². The minimum atomic E-state index is -1.14. The van der Waals surface area contributed by atoms with Gasteiger partial charge in [0.1, 0.15) is 18.4 Å². The van der Waals surface area contributed by atoms with Gasteiger partial charge in [0, 0.05) is 25.7 Å². The number of likely N-dealkylation sites (N-methyl/N-ethyl adjacent to an activating group) is 1. The van der Waals surface area contributed by atoms with Crippen molar-refractivity contribution in [3.63, 3.8) is 0 Å². The molecular formula is C25H40N4O5. The SMILES string of the molecule is C=CC1=C(\C=C/C)OCCNC(C(C)CC)C(=O)N(C)C(C(C)O)C(=O)NCC(=O)NC/C=C\1. The van der Waals surface area contributed by atoms with Crippen molar-refractivity contribution in [3.8, 4) is 0 Å². The highest BCUT2D eigenvalue weighted by molar-refractivity contribution is 5.92. The first-order valence-corrected chi connectivity index (χ1v) is 11.7. The molecule has 4 N–H and O–H groups in total. The van der Waals surface area contributed by atoms with E-state index in [1.54, 1.807) is 18.2 Å². The Hall–Kier alpha value is -2.91. The molecule has 0 saturated carbocycles. The topological polar surface area (TPSA) is 120 Å². The number of carbonyl (C=O) groups is 3. The summed E-state index contributed by atoms with van der Waals surface area (Å²) in [5.74, 6) is -0.725. The van der Waals surface area contributed by atoms with Crippen LogP contribution in [0, 0.1) is 5.92 Å². The summed E-state index contributed by atoms with van der Waals surface area (Å²) >= 11 is 0. The van der Waals surface area contributed by atoms with Gasteiger partial charge in [0.05, 0.1) is 18.7 Å². The van der Waals surface area contributed by atoms with E-state index in [2.05, 4.69) is 22.5 Å². The monoisotopic (exact) mass is 476 g/mol. The predicted octanol–water partition coefficient (Wildman–Crippen LogP) is 1.03. The van der Waals surface area contributed by atoms with Gasteiger partial charge in [-0.1, -0.05) is 51.2 Å². The summed E-state index contributed by atoms with van der Waals surface area (Å²) in [6, 6.07) is -1.72. The van der Waals surface area contributed by atoms with Crippen LogP contribution >= 0.6 is 0 Å². The number of allylic oxidation sites excluding steroid dienone is 5. The molecular weight excluding hydrogens is 436 g/mol. The molecule has 1 aliphatic heterocycles. The summed E-state index contributed by atoms with van der Waals surface area (Å²) in [6.07, 6.45) is 8.50. The van der Waals surface area contributed by atoms with E-state index in [0.29, 0.717) is 18.9 Å². The van der Waals surface area contributed by atoms with Crippen LogP contribution in [-0.2, 0) is 19.1 Å². The third-order valence-electron chi connectivity index (χ3n) is 5.65. The number of nitrogens with zero attached hydrogens (tertiary/aromatic N) is 1. The van der Waals surface area contributed by atoms with E-state index in [0.717, 1.165) is 12.0 Å². The van der Waals surface area contributed by atoms with Crippen molar-refractivity contribution in [1.29, 1.82) is 0 Å². The maximum atomic E-state index is 13.3. The fourth-order valence-electron chi connectivity index (χ4n) is 3.54. The zero-order valence-electron chi connectivity index (χ0n) is 21.0. The third kappa shape index (κ3) is 8.79. The van der Waals surface area contributed by atoms with Crippen molar-refractivity contribution >= 4 is 17.7 Å². The number of aliphatic hydroxyl groups excluding tert-OH is 1. The van der Waals surface area contributed by atoms with Crippen LogP contribution in [-0.4, -0.2) is 79.2 Å². The maximum Gasteiger partial charge on any atom is 0.245 e. The largest absolute Gasteiger partial charge is 0.492 e. The van der Waals surface area contributed by atoms with E-state index in [1.807, 2.05) is 32.9 Å². The number of aliphatic hydroxyl groups is 1. The molecule has 0 fully saturated rings. The fourth-order valence-corrected chi connectivity index (χ4v) is 3.54. The number of amides is 3. The summed E-state index contributed by atoms with van der Waals surface area (Å²) in [7, 11) is 1.49. The van der Waals surface area contributed by atoms with Crippen LogP contribution in [0.2, 0.25) is 0 Å². The van der Waals surface area contributed by atoms with Crippen molar-refractivity contribution in [1.82, 2.24) is 20.9 Å². The van der Waals surface area contributed by atoms with Crippen LogP contribution in [0.4, 0.5) is 0 Å². The quantitative estimate of drug-likeness (QED) is 0.471. The highest BCUT2D eigenvalue weighted by Crippen LogP contribution is 2.15. The molecule has 0 aromatic carbocycles. The molecule has 0 aromatic heterocycles. The van der Waals surface area contributed by atoms with E-state index >= 15 is 0 Å². The van der Waals surface area contributed by atoms with E-state index in [-0.39, 0.29) is 24.9 Å². The molecule has 4 unspecified atom stereocenters. The van der Waals surface area contributed by atoms with Gasteiger partial charge in [0.15, 0.2) is 0 Å². The van der Waals surface area contributed by atoms with Crippen molar-refractivity contribution < 1.29 is 24.2 Å². The van der Waals surface area contributed by atoms with Gasteiger partial charge in [0.2, 0.25) is 17.7 Å². The Kier molecular flexibility index (Phi) is 12.9. The highest BCUT2D eigenvalue weighted by Gasteiger charge is 2.35. The van der Waals surface area contributed by atoms with E-state index < -0.39 is 30.0 Å². The van der Waals surface area contributed by atoms with Gasteiger partial charge in [-0.05, 0) is 25.8 Å². The lowest BCUT2D eigenvalue weighted by Crippen LogP contribution is -2.59. The Morgan fingerprint density at radius 1 is 1.29 bits per heavy atom. The first-order valence-electron chi connectivity index (χ1n) is 11.7. The van der Waals surface area contributed by atoms with Gasteiger partial charge in [-0.2, -0.15) is 0 Å². The normalized spacial score (nSPS) is 27.1. The minimum absolute atomic E-state index is 0.0266. The summed E-state index contributed by atoms with van der Waals surface area (Å²) in [5, 5.41) is 18.7. The number of carbonyl (C=O) groups excluding carboxylic acids is 3. The first kappa shape index (κ1) is 29.1. The molecule has 1 heterocycles. The van der Waals surface area contributed by atoms with Crippen LogP contribution in [0.1, 0.15) is 34.1 Å². The smallest absolute Gasteiger partial charge is 0.245 e. The summed E-state index contributed by atoms with van der Waals surface area (Å²) in [5.41, 5.74) is 0.746. The van der Waals surface area contributed by atoms with Crippen molar-refractivity contribution in [2.24, 2.45) is 5.92 Å². The molecule has 9 nitrogen and oxygen atoms in total. The number of nitrogens with one attached hydrogen (secondary N) is 3. The second-order valence-electron chi connectivity index (χ2n) is 8.25. The molecule has 0 bridgehead atoms. The van der Waals surface area contributed by atoms with Gasteiger partial charge in [0.25, 0.3) is 0 Å². The zero-order chi connectivity index (χ0) is 25.7. The van der Waals surface area contributed by atoms with Crippen LogP contribution < -0.4 is 16.0 Å². The van der Waals surface area contributed by atoms with Gasteiger partial charge in [-0.25, -0.2) is 0 Å². The Labute approximate surface area is 203 Å². The molecule has 34 heavy (non-hydrogen) atoms. The molecule has 4 atom stereocenters. The zero-order valence-corrected chi connectivity index (χ0v) is 21.0. The van der Waals surface area contributed by atoms with Crippen LogP contribution in [0.5, 0.6) is 0 Å². The molecule has 0 saturated heterocycles. The Morgan fingerprint density at radius 2 is 2.00 bits per heavy atom. The molecule has 9 heteroatoms. The molecule has 1 aliphatic rings. The second kappa shape index (κ2) is 15.1. The number of rotatable bonds is 5. The lowest BCUT2D eigenvalue weighted by Gasteiger charge is -2.34. The molecule has 3 amide bonds. The standard InChI is InChI=1S/C25H40N4O5/c1-7-11-20-19(9-3)12-10-13-26-21(31)16-28-24(32)23(18(5)30)29(6)25(33)22(17(4)8-2)27-14-15-34-20/h7,9-12,17-18,22-23,27,30H,3,8,13-16H2,1-2,4-6H3,(H,26,31)(H,28,32)/b11-7-,12-10-,20-19-. The van der Waals surface area contributed by atoms with Gasteiger partial charge in [-0.3, -0.25) is 14.4 Å². The average molecular weight is 477 g/mol. The number of ether oxygens (including phenoxy) is 1. The Morgan fingerprint density at radius 3 is 2.59 bits per heavy atom. The molecule has 1 rings (SSSR count). The molecule has 190 valence electrons. The van der Waals surface area contributed by atoms with Crippen molar-refractivity contribution in [2.45, 2.75) is 52.3 Å².